The van der Waals surface area contributed by atoms with Crippen LogP contribution in [-0.4, -0.2) is 14.2 Å². The predicted octanol–water partition coefficient (Wildman–Crippen LogP) is 6.03. The summed E-state index contributed by atoms with van der Waals surface area (Å²) < 4.78 is 25.9. The Morgan fingerprint density at radius 3 is 1.78 bits per heavy atom. The summed E-state index contributed by atoms with van der Waals surface area (Å²) in [5, 5.41) is 2.84. The minimum absolute atomic E-state index is 0.330. The topological polar surface area (TPSA) is 18.5 Å². The molecule has 0 aromatic heterocycles. The fourth-order valence-electron chi connectivity index (χ4n) is 4.38. The number of para-hydroxylation sites is 1. The molecule has 0 bridgehead atoms. The molecule has 4 rings (SSSR count). The van der Waals surface area contributed by atoms with Gasteiger partial charge in [-0.15, -0.1) is 0 Å². The number of hydrogen-bond donors (Lipinski definition) is 0. The molecule has 32 heavy (non-hydrogen) atoms. The van der Waals surface area contributed by atoms with E-state index in [1.807, 2.05) is 60.7 Å². The number of halogens is 2. The van der Waals surface area contributed by atoms with Crippen LogP contribution in [0.5, 0.6) is 11.5 Å². The second kappa shape index (κ2) is 8.94. The Bertz CT molecular complexity index is 1180. The van der Waals surface area contributed by atoms with E-state index in [0.29, 0.717) is 23.2 Å². The Morgan fingerprint density at radius 2 is 1.22 bits per heavy atom. The van der Waals surface area contributed by atoms with Gasteiger partial charge in [-0.1, -0.05) is 0 Å². The summed E-state index contributed by atoms with van der Waals surface area (Å²) in [5.74, 6) is -2.76. The van der Waals surface area contributed by atoms with E-state index in [9.17, 15) is 4.39 Å². The van der Waals surface area contributed by atoms with Crippen LogP contribution < -0.4 is 25.4 Å². The van der Waals surface area contributed by atoms with Crippen LogP contribution >= 0.6 is 17.2 Å². The van der Waals surface area contributed by atoms with Gasteiger partial charge < -0.3 is 0 Å². The van der Waals surface area contributed by atoms with Crippen molar-refractivity contribution in [1.29, 1.82) is 0 Å². The second-order valence-corrected chi connectivity index (χ2v) is 14.1. The number of ether oxygens (including phenoxy) is 2. The van der Waals surface area contributed by atoms with E-state index in [-0.39, 0.29) is 5.82 Å². The number of hydrogen-bond acceptors (Lipinski definition) is 2. The molecule has 5 heteroatoms. The fraction of sp³-hybridized carbons (Fsp3) is 0.111. The summed E-state index contributed by atoms with van der Waals surface area (Å²) in [6.07, 6.45) is 0.364. The van der Waals surface area contributed by atoms with E-state index in [2.05, 4.69) is 24.3 Å². The average molecular weight is 467 g/mol. The average Bonchev–Trinajstić information content (AvgIpc) is 2.85. The normalized spacial score (nSPS) is 12.6. The summed E-state index contributed by atoms with van der Waals surface area (Å²) in [5.41, 5.74) is 0.707. The summed E-state index contributed by atoms with van der Waals surface area (Å²) >= 11 is 8.15. The number of rotatable bonds is 7. The number of methoxy groups -OCH3 is 2. The quantitative estimate of drug-likeness (QED) is 0.310. The molecule has 0 amide bonds. The van der Waals surface area contributed by atoms with Crippen molar-refractivity contribution >= 4 is 33.1 Å². The molecule has 0 saturated heterocycles. The molecule has 0 fully saturated rings. The van der Waals surface area contributed by atoms with Crippen LogP contribution in [-0.2, 0) is 6.16 Å². The van der Waals surface area contributed by atoms with Crippen LogP contribution in [0.3, 0.4) is 0 Å². The van der Waals surface area contributed by atoms with Crippen LogP contribution in [0.2, 0.25) is 0 Å². The van der Waals surface area contributed by atoms with Gasteiger partial charge in [0.15, 0.2) is 0 Å². The molecule has 4 aromatic carbocycles. The molecule has 0 aliphatic carbocycles. The van der Waals surface area contributed by atoms with Crippen molar-refractivity contribution in [2.75, 3.05) is 14.2 Å². The number of benzene rings is 4. The zero-order valence-electron chi connectivity index (χ0n) is 18.0. The molecule has 0 atom stereocenters. The Balaban J connectivity index is 2.16. The van der Waals surface area contributed by atoms with Crippen LogP contribution in [0.15, 0.2) is 103 Å². The SMILES string of the molecule is COc1ccc(F)cc1CP(Cl)(c1ccccc1)(c1ccccc1)c1ccccc1OC. The fourth-order valence-corrected chi connectivity index (χ4v) is 10.7. The second-order valence-electron chi connectivity index (χ2n) is 7.64. The maximum absolute atomic E-state index is 14.4. The third kappa shape index (κ3) is 3.66. The van der Waals surface area contributed by atoms with E-state index in [0.717, 1.165) is 15.9 Å². The molecule has 0 unspecified atom stereocenters. The van der Waals surface area contributed by atoms with Gasteiger partial charge in [0.1, 0.15) is 0 Å². The predicted molar refractivity (Wildman–Crippen MR) is 134 cm³/mol. The van der Waals surface area contributed by atoms with Crippen molar-refractivity contribution in [1.82, 2.24) is 0 Å². The molecule has 0 heterocycles. The van der Waals surface area contributed by atoms with Crippen molar-refractivity contribution in [2.45, 2.75) is 6.16 Å². The van der Waals surface area contributed by atoms with Crippen molar-refractivity contribution in [2.24, 2.45) is 0 Å². The summed E-state index contributed by atoms with van der Waals surface area (Å²) in [6.45, 7) is 0. The summed E-state index contributed by atoms with van der Waals surface area (Å²) in [7, 11) is 3.24. The van der Waals surface area contributed by atoms with E-state index >= 15 is 0 Å². The van der Waals surface area contributed by atoms with Crippen LogP contribution in [0.1, 0.15) is 5.56 Å². The molecule has 0 aliphatic rings. The minimum atomic E-state index is -3.72. The molecule has 0 N–H and O–H groups in total. The van der Waals surface area contributed by atoms with Crippen LogP contribution in [0.25, 0.3) is 0 Å². The van der Waals surface area contributed by atoms with E-state index in [1.54, 1.807) is 20.3 Å². The van der Waals surface area contributed by atoms with E-state index in [1.165, 1.54) is 12.1 Å². The molecular weight excluding hydrogens is 442 g/mol. The zero-order valence-corrected chi connectivity index (χ0v) is 19.7. The van der Waals surface area contributed by atoms with Gasteiger partial charge in [-0.05, 0) is 0 Å². The third-order valence-electron chi connectivity index (χ3n) is 5.89. The van der Waals surface area contributed by atoms with Crippen LogP contribution in [0.4, 0.5) is 4.39 Å². The van der Waals surface area contributed by atoms with Gasteiger partial charge in [-0.3, -0.25) is 0 Å². The first-order valence-electron chi connectivity index (χ1n) is 10.3. The zero-order chi connectivity index (χ0) is 22.6. The monoisotopic (exact) mass is 466 g/mol. The van der Waals surface area contributed by atoms with Crippen molar-refractivity contribution in [3.05, 3.63) is 115 Å². The van der Waals surface area contributed by atoms with Gasteiger partial charge in [0.05, 0.1) is 0 Å². The Labute approximate surface area is 193 Å². The van der Waals surface area contributed by atoms with E-state index in [4.69, 9.17) is 20.7 Å². The van der Waals surface area contributed by atoms with Crippen molar-refractivity contribution < 1.29 is 13.9 Å². The molecule has 164 valence electrons. The van der Waals surface area contributed by atoms with Crippen molar-refractivity contribution in [3.8, 4) is 11.5 Å². The molecule has 0 aliphatic heterocycles. The standard InChI is InChI=1S/C27H25ClFO2P/c1-30-25-18-17-22(29)19-21(25)20-32(28,23-11-5-3-6-12-23,24-13-7-4-8-14-24)27-16-10-9-15-26(27)31-2/h3-19H,20H2,1-2H3. The first-order valence-corrected chi connectivity index (χ1v) is 13.6. The summed E-state index contributed by atoms with van der Waals surface area (Å²) in [6, 6.07) is 32.5. The van der Waals surface area contributed by atoms with Crippen molar-refractivity contribution in [3.63, 3.8) is 0 Å². The molecule has 2 nitrogen and oxygen atoms in total. The first kappa shape index (κ1) is 22.3. The van der Waals surface area contributed by atoms with Crippen LogP contribution in [0, 0.1) is 5.82 Å². The molecule has 0 radical (unpaired) electrons. The van der Waals surface area contributed by atoms with Gasteiger partial charge in [0.2, 0.25) is 0 Å². The molecule has 4 aromatic rings. The van der Waals surface area contributed by atoms with Gasteiger partial charge >= 0.3 is 193 Å². The van der Waals surface area contributed by atoms with Gasteiger partial charge in [-0.25, -0.2) is 0 Å². The van der Waals surface area contributed by atoms with Gasteiger partial charge in [0, 0.05) is 0 Å². The Morgan fingerprint density at radius 1 is 0.688 bits per heavy atom. The summed E-state index contributed by atoms with van der Waals surface area (Å²) in [4.78, 5) is 0. The molecule has 0 spiro atoms. The van der Waals surface area contributed by atoms with Gasteiger partial charge in [0.25, 0.3) is 0 Å². The molecule has 0 saturated carbocycles. The Kier molecular flexibility index (Phi) is 6.24. The molecular formula is C27H25ClFO2P. The third-order valence-corrected chi connectivity index (χ3v) is 13.0. The first-order chi connectivity index (χ1) is 15.5. The maximum atomic E-state index is 14.4. The van der Waals surface area contributed by atoms with E-state index < -0.39 is 5.96 Å². The van der Waals surface area contributed by atoms with Gasteiger partial charge in [-0.2, -0.15) is 0 Å². The Hall–Kier alpha value is -2.87.